The van der Waals surface area contributed by atoms with Crippen LogP contribution < -0.4 is 14.4 Å². The van der Waals surface area contributed by atoms with E-state index in [-0.39, 0.29) is 10.8 Å². The van der Waals surface area contributed by atoms with Gasteiger partial charge in [-0.15, -0.1) is 0 Å². The fraction of sp³-hybridized carbons (Fsp3) is 0.565. The number of hydrogen-bond donors (Lipinski definition) is 0. The minimum Gasteiger partial charge on any atom is -0.495 e. The topological polar surface area (TPSA) is 47.5 Å². The molecule has 3 rings (SSSR count). The molecule has 1 aliphatic heterocycles. The van der Waals surface area contributed by atoms with Crippen LogP contribution >= 0.6 is 0 Å². The van der Waals surface area contributed by atoms with Gasteiger partial charge in [0.1, 0.15) is 23.8 Å². The molecule has 0 amide bonds. The van der Waals surface area contributed by atoms with Gasteiger partial charge in [-0.2, -0.15) is 0 Å². The first-order valence-electron chi connectivity index (χ1n) is 9.94. The molecule has 0 saturated carbocycles. The number of aryl methyl sites for hydroxylation is 1. The Morgan fingerprint density at radius 2 is 1.79 bits per heavy atom. The molecule has 1 aliphatic rings. The number of nitrogens with zero attached hydrogens (tertiary/aromatic N) is 3. The molecule has 0 fully saturated rings. The van der Waals surface area contributed by atoms with Gasteiger partial charge in [0.15, 0.2) is 0 Å². The van der Waals surface area contributed by atoms with Gasteiger partial charge in [0.25, 0.3) is 0 Å². The number of hydrogen-bond acceptors (Lipinski definition) is 5. The van der Waals surface area contributed by atoms with E-state index in [1.54, 1.807) is 7.11 Å². The number of fused-ring (bicyclic) bond motifs is 1. The maximum absolute atomic E-state index is 5.94. The third kappa shape index (κ3) is 3.94. The second-order valence-corrected chi connectivity index (χ2v) is 9.59. The smallest absolute Gasteiger partial charge is 0.146 e. The lowest BCUT2D eigenvalue weighted by molar-refractivity contribution is 0.303. The normalized spacial score (nSPS) is 14.5. The molecule has 0 spiro atoms. The Kier molecular flexibility index (Phi) is 5.30. The monoisotopic (exact) mass is 383 g/mol. The molecule has 0 bridgehead atoms. The first kappa shape index (κ1) is 20.4. The van der Waals surface area contributed by atoms with E-state index in [0.29, 0.717) is 6.61 Å². The lowest BCUT2D eigenvalue weighted by Gasteiger charge is -2.35. The molecule has 0 aliphatic carbocycles. The molecule has 0 unspecified atom stereocenters. The molecule has 0 saturated heterocycles. The summed E-state index contributed by atoms with van der Waals surface area (Å²) < 4.78 is 11.6. The fourth-order valence-electron chi connectivity index (χ4n) is 3.71. The van der Waals surface area contributed by atoms with Crippen molar-refractivity contribution in [1.82, 2.24) is 9.97 Å². The van der Waals surface area contributed by atoms with Crippen molar-refractivity contribution in [1.29, 1.82) is 0 Å². The van der Waals surface area contributed by atoms with Gasteiger partial charge in [0.2, 0.25) is 0 Å². The minimum atomic E-state index is -0.0901. The van der Waals surface area contributed by atoms with Crippen molar-refractivity contribution in [3.05, 3.63) is 41.0 Å². The van der Waals surface area contributed by atoms with E-state index in [4.69, 9.17) is 19.4 Å². The molecular weight excluding hydrogens is 350 g/mol. The highest BCUT2D eigenvalue weighted by molar-refractivity contribution is 5.64. The van der Waals surface area contributed by atoms with Crippen LogP contribution in [0.1, 0.15) is 64.2 Å². The van der Waals surface area contributed by atoms with Crippen molar-refractivity contribution in [3.8, 4) is 11.5 Å². The molecule has 0 radical (unpaired) electrons. The van der Waals surface area contributed by atoms with Gasteiger partial charge in [-0.1, -0.05) is 41.5 Å². The summed E-state index contributed by atoms with van der Waals surface area (Å²) in [7, 11) is 1.72. The van der Waals surface area contributed by atoms with Gasteiger partial charge >= 0.3 is 0 Å². The maximum Gasteiger partial charge on any atom is 0.146 e. The molecular formula is C23H33N3O2. The van der Waals surface area contributed by atoms with E-state index >= 15 is 0 Å². The van der Waals surface area contributed by atoms with Crippen LogP contribution in [0.15, 0.2) is 18.3 Å². The third-order valence-corrected chi connectivity index (χ3v) is 5.01. The highest BCUT2D eigenvalue weighted by Crippen LogP contribution is 2.40. The summed E-state index contributed by atoms with van der Waals surface area (Å²) in [4.78, 5) is 12.1. The summed E-state index contributed by atoms with van der Waals surface area (Å²) in [5.74, 6) is 1.79. The van der Waals surface area contributed by atoms with Crippen LogP contribution in [-0.4, -0.2) is 30.2 Å². The molecule has 0 aromatic carbocycles. The zero-order valence-electron chi connectivity index (χ0n) is 18.5. The quantitative estimate of drug-likeness (QED) is 0.763. The van der Waals surface area contributed by atoms with Gasteiger partial charge < -0.3 is 14.4 Å². The largest absolute Gasteiger partial charge is 0.495 e. The van der Waals surface area contributed by atoms with E-state index in [0.717, 1.165) is 52.9 Å². The maximum atomic E-state index is 5.94. The number of ether oxygens (including phenoxy) is 2. The van der Waals surface area contributed by atoms with Crippen LogP contribution in [0.25, 0.3) is 0 Å². The molecule has 0 atom stereocenters. The average molecular weight is 384 g/mol. The van der Waals surface area contributed by atoms with Crippen LogP contribution in [0.5, 0.6) is 11.5 Å². The van der Waals surface area contributed by atoms with Gasteiger partial charge in [0, 0.05) is 23.1 Å². The SMILES string of the molecule is COc1c(C)cc(CN2CCOc3ccnc(C(C)(C)C)c32)nc1C(C)(C)C. The highest BCUT2D eigenvalue weighted by atomic mass is 16.5. The third-order valence-electron chi connectivity index (χ3n) is 5.01. The van der Waals surface area contributed by atoms with Crippen LogP contribution in [0.3, 0.4) is 0 Å². The second-order valence-electron chi connectivity index (χ2n) is 9.59. The number of rotatable bonds is 3. The standard InChI is InChI=1S/C23H33N3O2/c1-15-13-16(25-21(19(15)27-8)23(5,6)7)14-26-11-12-28-17-9-10-24-20(18(17)26)22(2,3)4/h9-10,13H,11-12,14H2,1-8H3. The summed E-state index contributed by atoms with van der Waals surface area (Å²) in [6, 6.07) is 4.10. The first-order chi connectivity index (χ1) is 13.0. The Morgan fingerprint density at radius 3 is 2.39 bits per heavy atom. The lowest BCUT2D eigenvalue weighted by Crippen LogP contribution is -2.35. The molecule has 5 nitrogen and oxygen atoms in total. The van der Waals surface area contributed by atoms with Gasteiger partial charge in [0.05, 0.1) is 37.3 Å². The summed E-state index contributed by atoms with van der Waals surface area (Å²) in [5, 5.41) is 0. The van der Waals surface area contributed by atoms with Crippen LogP contribution in [0.4, 0.5) is 5.69 Å². The van der Waals surface area contributed by atoms with E-state index in [1.807, 2.05) is 12.3 Å². The number of anilines is 1. The van der Waals surface area contributed by atoms with Gasteiger partial charge in [-0.3, -0.25) is 9.97 Å². The van der Waals surface area contributed by atoms with Gasteiger partial charge in [-0.05, 0) is 18.6 Å². The summed E-state index contributed by atoms with van der Waals surface area (Å²) in [6.07, 6.45) is 1.84. The molecule has 5 heteroatoms. The summed E-state index contributed by atoms with van der Waals surface area (Å²) in [5.41, 5.74) is 5.16. The van der Waals surface area contributed by atoms with Gasteiger partial charge in [-0.25, -0.2) is 0 Å². The molecule has 2 aromatic rings. The van der Waals surface area contributed by atoms with Crippen molar-refractivity contribution < 1.29 is 9.47 Å². The van der Waals surface area contributed by atoms with Crippen LogP contribution in [0, 0.1) is 6.92 Å². The minimum absolute atomic E-state index is 0.0654. The predicted molar refractivity (Wildman–Crippen MR) is 114 cm³/mol. The van der Waals surface area contributed by atoms with Crippen molar-refractivity contribution in [2.45, 2.75) is 65.8 Å². The van der Waals surface area contributed by atoms with Crippen molar-refractivity contribution in [3.63, 3.8) is 0 Å². The molecule has 2 aromatic heterocycles. The molecule has 152 valence electrons. The van der Waals surface area contributed by atoms with E-state index < -0.39 is 0 Å². The number of methoxy groups -OCH3 is 1. The van der Waals surface area contributed by atoms with Crippen LogP contribution in [-0.2, 0) is 17.4 Å². The van der Waals surface area contributed by atoms with Crippen molar-refractivity contribution >= 4 is 5.69 Å². The Morgan fingerprint density at radius 1 is 1.11 bits per heavy atom. The number of aromatic nitrogens is 2. The lowest BCUT2D eigenvalue weighted by atomic mass is 9.89. The van der Waals surface area contributed by atoms with E-state index in [1.165, 1.54) is 0 Å². The first-order valence-corrected chi connectivity index (χ1v) is 9.94. The predicted octanol–water partition coefficient (Wildman–Crippen LogP) is 4.79. The Bertz CT molecular complexity index is 863. The van der Waals surface area contributed by atoms with Crippen molar-refractivity contribution in [2.24, 2.45) is 0 Å². The van der Waals surface area contributed by atoms with Crippen LogP contribution in [0.2, 0.25) is 0 Å². The van der Waals surface area contributed by atoms with Crippen molar-refractivity contribution in [2.75, 3.05) is 25.2 Å². The Balaban J connectivity index is 2.05. The molecule has 3 heterocycles. The Labute approximate surface area is 169 Å². The second kappa shape index (κ2) is 7.26. The summed E-state index contributed by atoms with van der Waals surface area (Å²) >= 11 is 0. The number of pyridine rings is 2. The zero-order chi connectivity index (χ0) is 20.7. The zero-order valence-corrected chi connectivity index (χ0v) is 18.5. The highest BCUT2D eigenvalue weighted by Gasteiger charge is 2.30. The summed E-state index contributed by atoms with van der Waals surface area (Å²) in [6.45, 7) is 17.4. The van der Waals surface area contributed by atoms with E-state index in [9.17, 15) is 0 Å². The molecule has 0 N–H and O–H groups in total. The Hall–Kier alpha value is -2.30. The fourth-order valence-corrected chi connectivity index (χ4v) is 3.71. The van der Waals surface area contributed by atoms with E-state index in [2.05, 4.69) is 59.4 Å². The average Bonchev–Trinajstić information content (AvgIpc) is 2.59. The molecule has 28 heavy (non-hydrogen) atoms.